The van der Waals surface area contributed by atoms with Crippen LogP contribution in [0.4, 0.5) is 0 Å². The molecule has 1 fully saturated rings. The van der Waals surface area contributed by atoms with Gasteiger partial charge in [-0.25, -0.2) is 12.7 Å². The SMILES string of the molecule is CCC(CN)S(=O)(=O)N1CCC(NC(C)=O)CC1. The Morgan fingerprint density at radius 3 is 2.39 bits per heavy atom. The quantitative estimate of drug-likeness (QED) is 0.718. The Bertz CT molecular complexity index is 371. The van der Waals surface area contributed by atoms with Gasteiger partial charge < -0.3 is 11.1 Å². The number of nitrogens with zero attached hydrogens (tertiary/aromatic N) is 1. The summed E-state index contributed by atoms with van der Waals surface area (Å²) in [4.78, 5) is 10.9. The molecule has 18 heavy (non-hydrogen) atoms. The third-order valence-corrected chi connectivity index (χ3v) is 5.81. The first-order valence-corrected chi connectivity index (χ1v) is 7.88. The molecule has 1 aliphatic rings. The van der Waals surface area contributed by atoms with Gasteiger partial charge in [0.2, 0.25) is 15.9 Å². The van der Waals surface area contributed by atoms with Crippen LogP contribution in [0.25, 0.3) is 0 Å². The number of hydrogen-bond donors (Lipinski definition) is 2. The van der Waals surface area contributed by atoms with Crippen LogP contribution in [-0.2, 0) is 14.8 Å². The molecule has 0 aromatic rings. The molecule has 0 saturated carbocycles. The Morgan fingerprint density at radius 2 is 2.00 bits per heavy atom. The Morgan fingerprint density at radius 1 is 1.44 bits per heavy atom. The van der Waals surface area contributed by atoms with Crippen molar-refractivity contribution in [1.29, 1.82) is 0 Å². The minimum atomic E-state index is -3.28. The number of rotatable bonds is 5. The highest BCUT2D eigenvalue weighted by Crippen LogP contribution is 2.18. The molecular formula is C11H23N3O3S. The van der Waals surface area contributed by atoms with E-state index in [1.165, 1.54) is 11.2 Å². The van der Waals surface area contributed by atoms with Crippen molar-refractivity contribution in [2.45, 2.75) is 44.4 Å². The molecule has 1 rings (SSSR count). The Kier molecular flexibility index (Phi) is 5.55. The molecule has 6 nitrogen and oxygen atoms in total. The number of carbonyl (C=O) groups excluding carboxylic acids is 1. The summed E-state index contributed by atoms with van der Waals surface area (Å²) >= 11 is 0. The van der Waals surface area contributed by atoms with E-state index in [2.05, 4.69) is 5.32 Å². The van der Waals surface area contributed by atoms with E-state index in [1.807, 2.05) is 6.92 Å². The lowest BCUT2D eigenvalue weighted by Crippen LogP contribution is -2.49. The molecule has 0 aromatic heterocycles. The van der Waals surface area contributed by atoms with Gasteiger partial charge in [-0.05, 0) is 19.3 Å². The number of sulfonamides is 1. The van der Waals surface area contributed by atoms with Gasteiger partial charge in [-0.1, -0.05) is 6.92 Å². The average Bonchev–Trinajstić information content (AvgIpc) is 2.30. The third kappa shape index (κ3) is 3.66. The van der Waals surface area contributed by atoms with Crippen LogP contribution in [0.1, 0.15) is 33.1 Å². The number of carbonyl (C=O) groups is 1. The van der Waals surface area contributed by atoms with Crippen LogP contribution in [0, 0.1) is 0 Å². The van der Waals surface area contributed by atoms with Crippen molar-refractivity contribution in [3.8, 4) is 0 Å². The van der Waals surface area contributed by atoms with Crippen molar-refractivity contribution in [2.75, 3.05) is 19.6 Å². The molecule has 1 amide bonds. The summed E-state index contributed by atoms with van der Waals surface area (Å²) in [5.74, 6) is -0.0651. The maximum absolute atomic E-state index is 12.2. The Balaban J connectivity index is 2.59. The highest BCUT2D eigenvalue weighted by molar-refractivity contribution is 7.89. The van der Waals surface area contributed by atoms with Gasteiger partial charge in [0.25, 0.3) is 0 Å². The summed E-state index contributed by atoms with van der Waals surface area (Å²) < 4.78 is 26.0. The van der Waals surface area contributed by atoms with Crippen LogP contribution >= 0.6 is 0 Å². The molecule has 0 radical (unpaired) electrons. The highest BCUT2D eigenvalue weighted by Gasteiger charge is 2.32. The number of nitrogens with one attached hydrogen (secondary N) is 1. The summed E-state index contributed by atoms with van der Waals surface area (Å²) in [6.45, 7) is 4.39. The second-order valence-corrected chi connectivity index (χ2v) is 6.90. The van der Waals surface area contributed by atoms with Crippen molar-refractivity contribution < 1.29 is 13.2 Å². The van der Waals surface area contributed by atoms with Gasteiger partial charge in [0.1, 0.15) is 0 Å². The van der Waals surface area contributed by atoms with Gasteiger partial charge in [-0.2, -0.15) is 0 Å². The molecule has 0 aliphatic carbocycles. The predicted octanol–water partition coefficient (Wildman–Crippen LogP) is -0.346. The molecule has 1 heterocycles. The number of hydrogen-bond acceptors (Lipinski definition) is 4. The zero-order chi connectivity index (χ0) is 13.8. The van der Waals surface area contributed by atoms with E-state index in [9.17, 15) is 13.2 Å². The molecule has 1 aliphatic heterocycles. The van der Waals surface area contributed by atoms with Gasteiger partial charge >= 0.3 is 0 Å². The Labute approximate surface area is 109 Å². The zero-order valence-electron chi connectivity index (χ0n) is 11.1. The van der Waals surface area contributed by atoms with Crippen molar-refractivity contribution in [3.05, 3.63) is 0 Å². The van der Waals surface area contributed by atoms with E-state index in [4.69, 9.17) is 5.73 Å². The first-order valence-electron chi connectivity index (χ1n) is 6.38. The second-order valence-electron chi connectivity index (χ2n) is 4.68. The lowest BCUT2D eigenvalue weighted by atomic mass is 10.1. The van der Waals surface area contributed by atoms with Gasteiger partial charge in [0.15, 0.2) is 0 Å². The fourth-order valence-corrected chi connectivity index (χ4v) is 4.06. The minimum Gasteiger partial charge on any atom is -0.354 e. The van der Waals surface area contributed by atoms with E-state index in [-0.39, 0.29) is 18.5 Å². The van der Waals surface area contributed by atoms with Crippen LogP contribution in [-0.4, -0.2) is 49.6 Å². The first kappa shape index (κ1) is 15.4. The summed E-state index contributed by atoms with van der Waals surface area (Å²) in [6, 6.07) is 0.0897. The monoisotopic (exact) mass is 277 g/mol. The molecular weight excluding hydrogens is 254 g/mol. The lowest BCUT2D eigenvalue weighted by molar-refractivity contribution is -0.119. The van der Waals surface area contributed by atoms with Crippen molar-refractivity contribution in [3.63, 3.8) is 0 Å². The largest absolute Gasteiger partial charge is 0.354 e. The summed E-state index contributed by atoms with van der Waals surface area (Å²) in [5, 5.41) is 2.33. The van der Waals surface area contributed by atoms with Gasteiger partial charge in [-0.15, -0.1) is 0 Å². The third-order valence-electron chi connectivity index (χ3n) is 3.36. The highest BCUT2D eigenvalue weighted by atomic mass is 32.2. The normalized spacial score (nSPS) is 20.6. The Hall–Kier alpha value is -0.660. The van der Waals surface area contributed by atoms with Gasteiger partial charge in [-0.3, -0.25) is 4.79 Å². The summed E-state index contributed by atoms with van der Waals surface area (Å²) in [5.41, 5.74) is 5.51. The first-order chi connectivity index (χ1) is 8.41. The minimum absolute atomic E-state index is 0.0651. The van der Waals surface area contributed by atoms with Crippen LogP contribution in [0.3, 0.4) is 0 Å². The van der Waals surface area contributed by atoms with E-state index in [0.717, 1.165) is 0 Å². The molecule has 3 N–H and O–H groups in total. The maximum Gasteiger partial charge on any atom is 0.218 e. The topological polar surface area (TPSA) is 92.5 Å². The number of nitrogens with two attached hydrogens (primary N) is 1. The fraction of sp³-hybridized carbons (Fsp3) is 0.909. The molecule has 0 spiro atoms. The molecule has 1 atom stereocenters. The van der Waals surface area contributed by atoms with Gasteiger partial charge in [0, 0.05) is 32.6 Å². The van der Waals surface area contributed by atoms with Crippen LogP contribution < -0.4 is 11.1 Å². The van der Waals surface area contributed by atoms with Gasteiger partial charge in [0.05, 0.1) is 5.25 Å². The lowest BCUT2D eigenvalue weighted by Gasteiger charge is -2.33. The summed E-state index contributed by atoms with van der Waals surface area (Å²) in [7, 11) is -3.28. The maximum atomic E-state index is 12.2. The van der Waals surface area contributed by atoms with Crippen LogP contribution in [0.5, 0.6) is 0 Å². The van der Waals surface area contributed by atoms with Crippen molar-refractivity contribution >= 4 is 15.9 Å². The van der Waals surface area contributed by atoms with Crippen molar-refractivity contribution in [1.82, 2.24) is 9.62 Å². The zero-order valence-corrected chi connectivity index (χ0v) is 11.9. The van der Waals surface area contributed by atoms with Crippen LogP contribution in [0.2, 0.25) is 0 Å². The van der Waals surface area contributed by atoms with E-state index in [0.29, 0.717) is 32.4 Å². The predicted molar refractivity (Wildman–Crippen MR) is 70.5 cm³/mol. The van der Waals surface area contributed by atoms with Crippen LogP contribution in [0.15, 0.2) is 0 Å². The molecule has 0 bridgehead atoms. The smallest absolute Gasteiger partial charge is 0.218 e. The molecule has 1 unspecified atom stereocenters. The molecule has 7 heteroatoms. The van der Waals surface area contributed by atoms with E-state index >= 15 is 0 Å². The fourth-order valence-electron chi connectivity index (χ4n) is 2.25. The standard InChI is InChI=1S/C11H23N3O3S/c1-3-11(8-12)18(16,17)14-6-4-10(5-7-14)13-9(2)15/h10-11H,3-8,12H2,1-2H3,(H,13,15). The molecule has 0 aromatic carbocycles. The summed E-state index contributed by atoms with van der Waals surface area (Å²) in [6.07, 6.45) is 1.87. The van der Waals surface area contributed by atoms with E-state index in [1.54, 1.807) is 0 Å². The van der Waals surface area contributed by atoms with Crippen molar-refractivity contribution in [2.24, 2.45) is 5.73 Å². The number of amides is 1. The molecule has 106 valence electrons. The second kappa shape index (κ2) is 6.49. The van der Waals surface area contributed by atoms with E-state index < -0.39 is 15.3 Å². The number of piperidine rings is 1. The average molecular weight is 277 g/mol. The molecule has 1 saturated heterocycles.